The van der Waals surface area contributed by atoms with Crippen LogP contribution in [0.5, 0.6) is 0 Å². The van der Waals surface area contributed by atoms with Gasteiger partial charge in [0.05, 0.1) is 22.2 Å². The van der Waals surface area contributed by atoms with Crippen LogP contribution in [0.15, 0.2) is 12.1 Å². The molecule has 0 unspecified atom stereocenters. The first kappa shape index (κ1) is 16.1. The highest BCUT2D eigenvalue weighted by Gasteiger charge is 2.11. The Morgan fingerprint density at radius 3 is 2.53 bits per heavy atom. The number of nitrogens with one attached hydrogen (secondary N) is 1. The van der Waals surface area contributed by atoms with Gasteiger partial charge in [-0.05, 0) is 18.6 Å². The van der Waals surface area contributed by atoms with Crippen molar-refractivity contribution in [2.24, 2.45) is 0 Å². The van der Waals surface area contributed by atoms with Gasteiger partial charge < -0.3 is 11.1 Å². The normalized spacial score (nSPS) is 11.3. The van der Waals surface area contributed by atoms with Crippen LogP contribution < -0.4 is 11.1 Å². The van der Waals surface area contributed by atoms with Crippen molar-refractivity contribution in [2.75, 3.05) is 23.1 Å². The van der Waals surface area contributed by atoms with Gasteiger partial charge in [0.1, 0.15) is 9.84 Å². The van der Waals surface area contributed by atoms with Crippen LogP contribution >= 0.6 is 23.2 Å². The largest absolute Gasteiger partial charge is 0.397 e. The maximum Gasteiger partial charge on any atom is 0.224 e. The molecule has 0 saturated carbocycles. The Kier molecular flexibility index (Phi) is 5.46. The van der Waals surface area contributed by atoms with Crippen molar-refractivity contribution in [3.63, 3.8) is 0 Å². The first-order chi connectivity index (χ1) is 8.69. The SMILES string of the molecule is CS(=O)(=O)CCCC(=O)Nc1c(N)cc(Cl)cc1Cl. The number of rotatable bonds is 5. The molecule has 0 aromatic heterocycles. The first-order valence-corrected chi connectivity index (χ1v) is 8.23. The highest BCUT2D eigenvalue weighted by molar-refractivity contribution is 7.90. The number of sulfone groups is 1. The van der Waals surface area contributed by atoms with E-state index in [1.807, 2.05) is 0 Å². The predicted octanol–water partition coefficient (Wildman–Crippen LogP) is 2.34. The fourth-order valence-electron chi connectivity index (χ4n) is 1.42. The average Bonchev–Trinajstić information content (AvgIpc) is 2.21. The molecule has 0 bridgehead atoms. The van der Waals surface area contributed by atoms with E-state index >= 15 is 0 Å². The number of nitrogen functional groups attached to an aromatic ring is 1. The molecule has 0 spiro atoms. The number of halogens is 2. The second-order valence-electron chi connectivity index (χ2n) is 4.13. The Hall–Kier alpha value is -0.980. The van der Waals surface area contributed by atoms with Gasteiger partial charge in [-0.25, -0.2) is 8.42 Å². The van der Waals surface area contributed by atoms with Crippen LogP contribution in [0.25, 0.3) is 0 Å². The lowest BCUT2D eigenvalue weighted by molar-refractivity contribution is -0.116. The molecule has 5 nitrogen and oxygen atoms in total. The fourth-order valence-corrected chi connectivity index (χ4v) is 2.65. The molecule has 1 amide bonds. The lowest BCUT2D eigenvalue weighted by Crippen LogP contribution is -2.15. The second-order valence-corrected chi connectivity index (χ2v) is 7.24. The predicted molar refractivity (Wildman–Crippen MR) is 78.4 cm³/mol. The summed E-state index contributed by atoms with van der Waals surface area (Å²) in [7, 11) is -3.06. The van der Waals surface area contributed by atoms with Crippen LogP contribution in [0.3, 0.4) is 0 Å². The first-order valence-electron chi connectivity index (χ1n) is 5.41. The highest BCUT2D eigenvalue weighted by atomic mass is 35.5. The number of carbonyl (C=O) groups excluding carboxylic acids is 1. The van der Waals surface area contributed by atoms with Crippen molar-refractivity contribution >= 4 is 50.3 Å². The van der Waals surface area contributed by atoms with Crippen LogP contribution in [0.4, 0.5) is 11.4 Å². The molecule has 0 fully saturated rings. The molecule has 1 aromatic rings. The zero-order valence-electron chi connectivity index (χ0n) is 10.2. The smallest absolute Gasteiger partial charge is 0.224 e. The number of hydrogen-bond donors (Lipinski definition) is 2. The van der Waals surface area contributed by atoms with E-state index in [-0.39, 0.29) is 40.9 Å². The van der Waals surface area contributed by atoms with Gasteiger partial charge in [0.25, 0.3) is 0 Å². The summed E-state index contributed by atoms with van der Waals surface area (Å²) in [5, 5.41) is 3.15. The van der Waals surface area contributed by atoms with Crippen molar-refractivity contribution in [3.05, 3.63) is 22.2 Å². The van der Waals surface area contributed by atoms with E-state index in [0.717, 1.165) is 6.26 Å². The summed E-state index contributed by atoms with van der Waals surface area (Å²) in [6.07, 6.45) is 1.44. The molecule has 1 aromatic carbocycles. The van der Waals surface area contributed by atoms with Crippen LogP contribution in [0.1, 0.15) is 12.8 Å². The molecule has 106 valence electrons. The van der Waals surface area contributed by atoms with E-state index in [0.29, 0.717) is 5.02 Å². The average molecular weight is 325 g/mol. The maximum atomic E-state index is 11.6. The molecule has 0 aliphatic heterocycles. The summed E-state index contributed by atoms with van der Waals surface area (Å²) < 4.78 is 21.9. The number of benzene rings is 1. The minimum atomic E-state index is -3.06. The standard InChI is InChI=1S/C11H14Cl2N2O3S/c1-19(17,18)4-2-3-10(16)15-11-8(13)5-7(12)6-9(11)14/h5-6H,2-4,14H2,1H3,(H,15,16). The van der Waals surface area contributed by atoms with Gasteiger partial charge >= 0.3 is 0 Å². The zero-order chi connectivity index (χ0) is 14.6. The fraction of sp³-hybridized carbons (Fsp3) is 0.364. The molecular weight excluding hydrogens is 311 g/mol. The van der Waals surface area contributed by atoms with Crippen molar-refractivity contribution in [3.8, 4) is 0 Å². The molecule has 19 heavy (non-hydrogen) atoms. The summed E-state index contributed by atoms with van der Waals surface area (Å²) in [4.78, 5) is 11.6. The Labute approximate surface area is 122 Å². The molecule has 0 atom stereocenters. The lowest BCUT2D eigenvalue weighted by Gasteiger charge is -2.10. The number of anilines is 2. The van der Waals surface area contributed by atoms with E-state index in [1.165, 1.54) is 12.1 Å². The van der Waals surface area contributed by atoms with Gasteiger partial charge in [-0.1, -0.05) is 23.2 Å². The van der Waals surface area contributed by atoms with E-state index < -0.39 is 9.84 Å². The summed E-state index contributed by atoms with van der Waals surface area (Å²) >= 11 is 11.7. The van der Waals surface area contributed by atoms with Crippen LogP contribution in [0, 0.1) is 0 Å². The van der Waals surface area contributed by atoms with Gasteiger partial charge in [0.15, 0.2) is 0 Å². The number of carbonyl (C=O) groups is 1. The van der Waals surface area contributed by atoms with Crippen molar-refractivity contribution in [1.82, 2.24) is 0 Å². The molecule has 0 radical (unpaired) electrons. The van der Waals surface area contributed by atoms with Gasteiger partial charge in [0.2, 0.25) is 5.91 Å². The molecular formula is C11H14Cl2N2O3S. The Bertz CT molecular complexity index is 565. The van der Waals surface area contributed by atoms with Gasteiger partial charge in [0, 0.05) is 17.7 Å². The Morgan fingerprint density at radius 2 is 2.00 bits per heavy atom. The van der Waals surface area contributed by atoms with Gasteiger partial charge in [-0.3, -0.25) is 4.79 Å². The Balaban J connectivity index is 2.63. The zero-order valence-corrected chi connectivity index (χ0v) is 12.6. The minimum absolute atomic E-state index is 0.0374. The molecule has 0 heterocycles. The number of amides is 1. The third kappa shape index (κ3) is 5.67. The van der Waals surface area contributed by atoms with E-state index in [2.05, 4.69) is 5.32 Å². The molecule has 1 rings (SSSR count). The third-order valence-corrected chi connectivity index (χ3v) is 3.82. The number of hydrogen-bond acceptors (Lipinski definition) is 4. The lowest BCUT2D eigenvalue weighted by atomic mass is 10.2. The summed E-state index contributed by atoms with van der Waals surface area (Å²) in [6.45, 7) is 0. The van der Waals surface area contributed by atoms with E-state index in [9.17, 15) is 13.2 Å². The van der Waals surface area contributed by atoms with Crippen LogP contribution in [-0.4, -0.2) is 26.3 Å². The topological polar surface area (TPSA) is 89.3 Å². The highest BCUT2D eigenvalue weighted by Crippen LogP contribution is 2.32. The third-order valence-electron chi connectivity index (χ3n) is 2.27. The number of nitrogens with two attached hydrogens (primary N) is 1. The molecule has 8 heteroatoms. The van der Waals surface area contributed by atoms with Gasteiger partial charge in [-0.2, -0.15) is 0 Å². The van der Waals surface area contributed by atoms with Crippen molar-refractivity contribution < 1.29 is 13.2 Å². The summed E-state index contributed by atoms with van der Waals surface area (Å²) in [6, 6.07) is 2.94. The molecule has 0 saturated heterocycles. The van der Waals surface area contributed by atoms with E-state index in [1.54, 1.807) is 0 Å². The molecule has 3 N–H and O–H groups in total. The molecule has 0 aliphatic carbocycles. The van der Waals surface area contributed by atoms with Crippen molar-refractivity contribution in [2.45, 2.75) is 12.8 Å². The van der Waals surface area contributed by atoms with Gasteiger partial charge in [-0.15, -0.1) is 0 Å². The second kappa shape index (κ2) is 6.45. The van der Waals surface area contributed by atoms with E-state index in [4.69, 9.17) is 28.9 Å². The monoisotopic (exact) mass is 324 g/mol. The Morgan fingerprint density at radius 1 is 1.37 bits per heavy atom. The van der Waals surface area contributed by atoms with Crippen LogP contribution in [-0.2, 0) is 14.6 Å². The van der Waals surface area contributed by atoms with Crippen LogP contribution in [0.2, 0.25) is 10.0 Å². The molecule has 0 aliphatic rings. The minimum Gasteiger partial charge on any atom is -0.397 e. The quantitative estimate of drug-likeness (QED) is 0.813. The summed E-state index contributed by atoms with van der Waals surface area (Å²) in [5.74, 6) is -0.385. The van der Waals surface area contributed by atoms with Crippen molar-refractivity contribution in [1.29, 1.82) is 0 Å². The summed E-state index contributed by atoms with van der Waals surface area (Å²) in [5.41, 5.74) is 6.23. The maximum absolute atomic E-state index is 11.6.